The first-order valence-electron chi connectivity index (χ1n) is 8.74. The van der Waals surface area contributed by atoms with Crippen molar-refractivity contribution >= 4 is 22.4 Å². The molecule has 0 amide bonds. The number of hydrogen-bond donors (Lipinski definition) is 1. The Morgan fingerprint density at radius 2 is 1.96 bits per heavy atom. The highest BCUT2D eigenvalue weighted by molar-refractivity contribution is 7.86. The molecule has 7 nitrogen and oxygen atoms in total. The first-order chi connectivity index (χ1) is 11.4. The Bertz CT molecular complexity index is 729. The molecule has 3 rings (SSSR count). The molecule has 24 heavy (non-hydrogen) atoms. The van der Waals surface area contributed by atoms with E-state index in [4.69, 9.17) is 12.2 Å². The van der Waals surface area contributed by atoms with Gasteiger partial charge in [-0.15, -0.1) is 0 Å². The fraction of sp³-hybridized carbons (Fsp3) is 0.867. The molecule has 2 heterocycles. The molecule has 2 aliphatic rings. The molecule has 1 aromatic heterocycles. The van der Waals surface area contributed by atoms with Crippen LogP contribution in [0.4, 0.5) is 0 Å². The van der Waals surface area contributed by atoms with Gasteiger partial charge in [-0.3, -0.25) is 5.10 Å². The maximum absolute atomic E-state index is 12.8. The molecule has 1 unspecified atom stereocenters. The molecule has 0 aromatic carbocycles. The van der Waals surface area contributed by atoms with Crippen molar-refractivity contribution in [1.29, 1.82) is 0 Å². The zero-order valence-corrected chi connectivity index (χ0v) is 16.2. The lowest BCUT2D eigenvalue weighted by Crippen LogP contribution is -2.48. The lowest BCUT2D eigenvalue weighted by Gasteiger charge is -2.35. The average Bonchev–Trinajstić information content (AvgIpc) is 3.36. The summed E-state index contributed by atoms with van der Waals surface area (Å²) >= 11 is 5.25. The molecule has 0 radical (unpaired) electrons. The summed E-state index contributed by atoms with van der Waals surface area (Å²) in [7, 11) is -1.66. The van der Waals surface area contributed by atoms with Gasteiger partial charge in [-0.1, -0.05) is 0 Å². The minimum atomic E-state index is -3.37. The van der Waals surface area contributed by atoms with Crippen LogP contribution in [0.15, 0.2) is 0 Å². The third kappa shape index (κ3) is 3.31. The lowest BCUT2D eigenvalue weighted by atomic mass is 9.97. The summed E-state index contributed by atoms with van der Waals surface area (Å²) in [5.74, 6) is 1.75. The van der Waals surface area contributed by atoms with Crippen LogP contribution in [0.1, 0.15) is 51.3 Å². The normalized spacial score (nSPS) is 22.2. The van der Waals surface area contributed by atoms with Gasteiger partial charge in [-0.25, -0.2) is 0 Å². The number of piperidine rings is 1. The Balaban J connectivity index is 1.67. The van der Waals surface area contributed by atoms with Crippen LogP contribution in [-0.2, 0) is 16.8 Å². The monoisotopic (exact) mass is 373 g/mol. The zero-order valence-electron chi connectivity index (χ0n) is 14.6. The van der Waals surface area contributed by atoms with Crippen LogP contribution in [0, 0.1) is 10.7 Å². The Morgan fingerprint density at radius 3 is 2.50 bits per heavy atom. The number of rotatable bonds is 6. The minimum Gasteiger partial charge on any atom is -0.304 e. The van der Waals surface area contributed by atoms with Crippen LogP contribution in [0.25, 0.3) is 0 Å². The van der Waals surface area contributed by atoms with E-state index in [1.165, 1.54) is 0 Å². The third-order valence-corrected chi connectivity index (χ3v) is 7.88. The average molecular weight is 374 g/mol. The van der Waals surface area contributed by atoms with Gasteiger partial charge in [0.15, 0.2) is 4.77 Å². The van der Waals surface area contributed by atoms with Gasteiger partial charge >= 0.3 is 0 Å². The molecule has 1 aliphatic heterocycles. The van der Waals surface area contributed by atoms with Crippen molar-refractivity contribution in [2.75, 3.05) is 20.1 Å². The molecule has 1 aromatic rings. The highest BCUT2D eigenvalue weighted by atomic mass is 32.2. The van der Waals surface area contributed by atoms with Crippen LogP contribution >= 0.6 is 12.2 Å². The summed E-state index contributed by atoms with van der Waals surface area (Å²) in [6.45, 7) is 5.92. The first-order valence-corrected chi connectivity index (χ1v) is 10.5. The van der Waals surface area contributed by atoms with E-state index in [1.54, 1.807) is 15.7 Å². The summed E-state index contributed by atoms with van der Waals surface area (Å²) in [5, 5.41) is 7.21. The number of nitrogens with zero attached hydrogens (tertiary/aromatic N) is 4. The minimum absolute atomic E-state index is 0.0871. The fourth-order valence-electron chi connectivity index (χ4n) is 3.56. The van der Waals surface area contributed by atoms with E-state index in [0.717, 1.165) is 38.1 Å². The highest BCUT2D eigenvalue weighted by Crippen LogP contribution is 2.36. The molecule has 0 spiro atoms. The Hall–Kier alpha value is -0.770. The third-order valence-electron chi connectivity index (χ3n) is 5.49. The van der Waals surface area contributed by atoms with Gasteiger partial charge in [0.25, 0.3) is 10.2 Å². The van der Waals surface area contributed by atoms with Gasteiger partial charge in [-0.2, -0.15) is 22.1 Å². The van der Waals surface area contributed by atoms with Gasteiger partial charge < -0.3 is 4.57 Å². The van der Waals surface area contributed by atoms with Crippen LogP contribution < -0.4 is 0 Å². The van der Waals surface area contributed by atoms with Gasteiger partial charge in [-0.05, 0) is 57.7 Å². The SMILES string of the molecule is CCn1c(C2CCN(S(=O)(=O)N(C)C(C)C3CC3)CC2)n[nH]c1=S. The molecular formula is C15H27N5O2S2. The zero-order chi connectivity index (χ0) is 17.5. The van der Waals surface area contributed by atoms with E-state index in [1.807, 2.05) is 18.4 Å². The predicted molar refractivity (Wildman–Crippen MR) is 95.5 cm³/mol. The molecular weight excluding hydrogens is 346 g/mol. The molecule has 1 N–H and O–H groups in total. The van der Waals surface area contributed by atoms with Crippen molar-refractivity contribution in [3.63, 3.8) is 0 Å². The second-order valence-electron chi connectivity index (χ2n) is 6.91. The second kappa shape index (κ2) is 6.86. The lowest BCUT2D eigenvalue weighted by molar-refractivity contribution is 0.268. The summed E-state index contributed by atoms with van der Waals surface area (Å²) in [5.41, 5.74) is 0. The number of H-pyrrole nitrogens is 1. The van der Waals surface area contributed by atoms with Crippen molar-refractivity contribution in [3.8, 4) is 0 Å². The quantitative estimate of drug-likeness (QED) is 0.775. The Morgan fingerprint density at radius 1 is 1.33 bits per heavy atom. The van der Waals surface area contributed by atoms with Gasteiger partial charge in [0.05, 0.1) is 0 Å². The van der Waals surface area contributed by atoms with Crippen molar-refractivity contribution in [1.82, 2.24) is 23.4 Å². The molecule has 1 atom stereocenters. The van der Waals surface area contributed by atoms with Crippen molar-refractivity contribution < 1.29 is 8.42 Å². The summed E-state index contributed by atoms with van der Waals surface area (Å²) < 4.78 is 31.5. The number of nitrogens with one attached hydrogen (secondary N) is 1. The van der Waals surface area contributed by atoms with E-state index in [2.05, 4.69) is 10.2 Å². The molecule has 9 heteroatoms. The molecule has 1 saturated carbocycles. The molecule has 0 bridgehead atoms. The predicted octanol–water partition coefficient (Wildman–Crippen LogP) is 2.12. The van der Waals surface area contributed by atoms with Crippen LogP contribution in [0.5, 0.6) is 0 Å². The van der Waals surface area contributed by atoms with Gasteiger partial charge in [0, 0.05) is 38.6 Å². The van der Waals surface area contributed by atoms with Crippen LogP contribution in [0.2, 0.25) is 0 Å². The van der Waals surface area contributed by atoms with E-state index in [0.29, 0.717) is 23.8 Å². The Kier molecular flexibility index (Phi) is 5.15. The van der Waals surface area contributed by atoms with E-state index in [9.17, 15) is 8.42 Å². The van der Waals surface area contributed by atoms with Crippen molar-refractivity contribution in [2.24, 2.45) is 5.92 Å². The van der Waals surface area contributed by atoms with Crippen LogP contribution in [0.3, 0.4) is 0 Å². The Labute approximate surface area is 149 Å². The fourth-order valence-corrected chi connectivity index (χ4v) is 5.46. The van der Waals surface area contributed by atoms with Gasteiger partial charge in [0.1, 0.15) is 5.82 Å². The smallest absolute Gasteiger partial charge is 0.281 e. The topological polar surface area (TPSA) is 74.2 Å². The van der Waals surface area contributed by atoms with Crippen molar-refractivity contribution in [2.45, 2.75) is 58.0 Å². The number of aromatic amines is 1. The summed E-state index contributed by atoms with van der Waals surface area (Å²) in [4.78, 5) is 0. The largest absolute Gasteiger partial charge is 0.304 e. The first kappa shape index (κ1) is 18.0. The maximum Gasteiger partial charge on any atom is 0.281 e. The number of aromatic nitrogens is 3. The second-order valence-corrected chi connectivity index (χ2v) is 9.28. The molecule has 136 valence electrons. The molecule has 2 fully saturated rings. The van der Waals surface area contributed by atoms with E-state index in [-0.39, 0.29) is 12.0 Å². The molecule has 1 saturated heterocycles. The van der Waals surface area contributed by atoms with Crippen LogP contribution in [-0.4, -0.2) is 58.0 Å². The number of hydrogen-bond acceptors (Lipinski definition) is 4. The molecule has 1 aliphatic carbocycles. The summed E-state index contributed by atoms with van der Waals surface area (Å²) in [6, 6.07) is 0.0871. The summed E-state index contributed by atoms with van der Waals surface area (Å²) in [6.07, 6.45) is 3.85. The highest BCUT2D eigenvalue weighted by Gasteiger charge is 2.39. The van der Waals surface area contributed by atoms with E-state index < -0.39 is 10.2 Å². The van der Waals surface area contributed by atoms with Gasteiger partial charge in [0.2, 0.25) is 0 Å². The van der Waals surface area contributed by atoms with Crippen molar-refractivity contribution in [3.05, 3.63) is 10.6 Å². The standard InChI is InChI=1S/C15H27N5O2S2/c1-4-20-14(16-17-15(20)23)13-7-9-19(10-8-13)24(21,22)18(3)11(2)12-5-6-12/h11-13H,4-10H2,1-3H3,(H,17,23). The maximum atomic E-state index is 12.8. The van der Waals surface area contributed by atoms with E-state index >= 15 is 0 Å².